The summed E-state index contributed by atoms with van der Waals surface area (Å²) in [6.07, 6.45) is 4.45. The van der Waals surface area contributed by atoms with Crippen LogP contribution in [0.3, 0.4) is 0 Å². The van der Waals surface area contributed by atoms with E-state index in [1.807, 2.05) is 0 Å². The molecule has 1 saturated carbocycles. The average Bonchev–Trinajstić information content (AvgIpc) is 2.37. The van der Waals surface area contributed by atoms with Gasteiger partial charge in [-0.2, -0.15) is 0 Å². The lowest BCUT2D eigenvalue weighted by Crippen LogP contribution is -2.43. The first-order valence-corrected chi connectivity index (χ1v) is 9.07. The van der Waals surface area contributed by atoms with Gasteiger partial charge in [-0.25, -0.2) is 0 Å². The van der Waals surface area contributed by atoms with E-state index in [2.05, 4.69) is 39.0 Å². The molecule has 1 aromatic carbocycles. The van der Waals surface area contributed by atoms with Crippen LogP contribution in [-0.4, -0.2) is 15.5 Å². The SMILES string of the molecule is CCC1CCC(N)C(S(=O)Cc2cc(C)cc(C)c2)C1. The normalized spacial score (nSPS) is 28.3. The third-order valence-electron chi connectivity index (χ3n) is 4.46. The third kappa shape index (κ3) is 3.92. The van der Waals surface area contributed by atoms with Crippen molar-refractivity contribution in [3.05, 3.63) is 34.9 Å². The van der Waals surface area contributed by atoms with Crippen LogP contribution in [0.1, 0.15) is 49.3 Å². The van der Waals surface area contributed by atoms with E-state index in [1.54, 1.807) is 0 Å². The molecule has 0 saturated heterocycles. The first-order chi connectivity index (χ1) is 9.49. The number of aryl methyl sites for hydroxylation is 2. The molecule has 0 aliphatic heterocycles. The second-order valence-corrected chi connectivity index (χ2v) is 7.97. The summed E-state index contributed by atoms with van der Waals surface area (Å²) >= 11 is 0. The van der Waals surface area contributed by atoms with Crippen molar-refractivity contribution in [1.29, 1.82) is 0 Å². The third-order valence-corrected chi connectivity index (χ3v) is 6.29. The van der Waals surface area contributed by atoms with E-state index >= 15 is 0 Å². The molecular formula is C17H27NOS. The monoisotopic (exact) mass is 293 g/mol. The van der Waals surface area contributed by atoms with E-state index in [9.17, 15) is 4.21 Å². The van der Waals surface area contributed by atoms with Crippen molar-refractivity contribution in [1.82, 2.24) is 0 Å². The lowest BCUT2D eigenvalue weighted by atomic mass is 9.84. The van der Waals surface area contributed by atoms with Crippen LogP contribution in [0.25, 0.3) is 0 Å². The summed E-state index contributed by atoms with van der Waals surface area (Å²) in [6, 6.07) is 6.57. The van der Waals surface area contributed by atoms with E-state index in [-0.39, 0.29) is 11.3 Å². The standard InChI is InChI=1S/C17H27NOS/c1-4-14-5-6-16(18)17(10-14)20(19)11-15-8-12(2)7-13(3)9-15/h7-9,14,16-17H,4-6,10-11,18H2,1-3H3. The van der Waals surface area contributed by atoms with Gasteiger partial charge >= 0.3 is 0 Å². The fourth-order valence-electron chi connectivity index (χ4n) is 3.33. The molecular weight excluding hydrogens is 266 g/mol. The predicted molar refractivity (Wildman–Crippen MR) is 87.2 cm³/mol. The molecule has 2 N–H and O–H groups in total. The van der Waals surface area contributed by atoms with Gasteiger partial charge in [-0.15, -0.1) is 0 Å². The van der Waals surface area contributed by atoms with E-state index in [4.69, 9.17) is 5.73 Å². The zero-order chi connectivity index (χ0) is 14.7. The van der Waals surface area contributed by atoms with Crippen molar-refractivity contribution < 1.29 is 4.21 Å². The molecule has 1 fully saturated rings. The molecule has 20 heavy (non-hydrogen) atoms. The molecule has 1 aliphatic carbocycles. The average molecular weight is 293 g/mol. The number of nitrogens with two attached hydrogens (primary N) is 1. The maximum atomic E-state index is 12.7. The zero-order valence-electron chi connectivity index (χ0n) is 12.9. The zero-order valence-corrected chi connectivity index (χ0v) is 13.7. The minimum absolute atomic E-state index is 0.115. The summed E-state index contributed by atoms with van der Waals surface area (Å²) < 4.78 is 12.7. The molecule has 2 nitrogen and oxygen atoms in total. The Balaban J connectivity index is 2.06. The van der Waals surface area contributed by atoms with Gasteiger partial charge in [-0.1, -0.05) is 42.7 Å². The quantitative estimate of drug-likeness (QED) is 0.924. The fraction of sp³-hybridized carbons (Fsp3) is 0.647. The van der Waals surface area contributed by atoms with Crippen LogP contribution in [0, 0.1) is 19.8 Å². The molecule has 0 aromatic heterocycles. The molecule has 0 spiro atoms. The van der Waals surface area contributed by atoms with Gasteiger partial charge in [0.1, 0.15) is 0 Å². The van der Waals surface area contributed by atoms with E-state index in [1.165, 1.54) is 29.5 Å². The van der Waals surface area contributed by atoms with Crippen LogP contribution >= 0.6 is 0 Å². The lowest BCUT2D eigenvalue weighted by Gasteiger charge is -2.33. The first kappa shape index (κ1) is 15.7. The minimum Gasteiger partial charge on any atom is -0.327 e. The van der Waals surface area contributed by atoms with Gasteiger partial charge in [0.2, 0.25) is 0 Å². The van der Waals surface area contributed by atoms with E-state index < -0.39 is 10.8 Å². The van der Waals surface area contributed by atoms with E-state index in [0.29, 0.717) is 11.7 Å². The molecule has 112 valence electrons. The highest BCUT2D eigenvalue weighted by molar-refractivity contribution is 7.84. The summed E-state index contributed by atoms with van der Waals surface area (Å²) in [5.41, 5.74) is 9.90. The highest BCUT2D eigenvalue weighted by Crippen LogP contribution is 2.30. The highest BCUT2D eigenvalue weighted by Gasteiger charge is 2.31. The van der Waals surface area contributed by atoms with Crippen molar-refractivity contribution in [3.63, 3.8) is 0 Å². The van der Waals surface area contributed by atoms with E-state index in [0.717, 1.165) is 12.8 Å². The summed E-state index contributed by atoms with van der Waals surface area (Å²) in [4.78, 5) is 0. The lowest BCUT2D eigenvalue weighted by molar-refractivity contribution is 0.324. The van der Waals surface area contributed by atoms with Crippen molar-refractivity contribution >= 4 is 10.8 Å². The van der Waals surface area contributed by atoms with Crippen molar-refractivity contribution in [2.45, 2.75) is 63.5 Å². The molecule has 1 aliphatic rings. The first-order valence-electron chi connectivity index (χ1n) is 7.69. The Kier molecular flexibility index (Phi) is 5.39. The Bertz CT molecular complexity index is 466. The molecule has 1 aromatic rings. The van der Waals surface area contributed by atoms with Gasteiger partial charge in [-0.05, 0) is 44.6 Å². The Hall–Kier alpha value is -0.670. The largest absolute Gasteiger partial charge is 0.327 e. The number of rotatable bonds is 4. The van der Waals surface area contributed by atoms with Gasteiger partial charge in [0.15, 0.2) is 0 Å². The summed E-state index contributed by atoms with van der Waals surface area (Å²) in [5, 5.41) is 0.175. The Morgan fingerprint density at radius 3 is 2.45 bits per heavy atom. The van der Waals surface area contributed by atoms with Gasteiger partial charge < -0.3 is 5.73 Å². The van der Waals surface area contributed by atoms with Gasteiger partial charge in [0, 0.05) is 22.6 Å². The van der Waals surface area contributed by atoms with Crippen molar-refractivity contribution in [2.75, 3.05) is 0 Å². The smallest absolute Gasteiger partial charge is 0.0505 e. The molecule has 0 radical (unpaired) electrons. The maximum absolute atomic E-state index is 12.7. The van der Waals surface area contributed by atoms with Crippen LogP contribution in [0.15, 0.2) is 18.2 Å². The van der Waals surface area contributed by atoms with Gasteiger partial charge in [0.05, 0.1) is 5.25 Å². The molecule has 3 heteroatoms. The molecule has 0 heterocycles. The topological polar surface area (TPSA) is 43.1 Å². The Labute approximate surface area is 125 Å². The molecule has 2 rings (SSSR count). The number of hydrogen-bond donors (Lipinski definition) is 1. The molecule has 4 unspecified atom stereocenters. The number of hydrogen-bond acceptors (Lipinski definition) is 2. The summed E-state index contributed by atoms with van der Waals surface area (Å²) in [7, 11) is -0.851. The van der Waals surface area contributed by atoms with Crippen LogP contribution in [0.4, 0.5) is 0 Å². The predicted octanol–water partition coefficient (Wildman–Crippen LogP) is 3.46. The fourth-order valence-corrected chi connectivity index (χ4v) is 5.05. The van der Waals surface area contributed by atoms with Gasteiger partial charge in [-0.3, -0.25) is 4.21 Å². The maximum Gasteiger partial charge on any atom is 0.0505 e. The van der Waals surface area contributed by atoms with Crippen LogP contribution in [-0.2, 0) is 16.6 Å². The van der Waals surface area contributed by atoms with Gasteiger partial charge in [0.25, 0.3) is 0 Å². The van der Waals surface area contributed by atoms with Crippen molar-refractivity contribution in [3.8, 4) is 0 Å². The Morgan fingerprint density at radius 2 is 1.85 bits per heavy atom. The molecule has 0 amide bonds. The minimum atomic E-state index is -0.851. The highest BCUT2D eigenvalue weighted by atomic mass is 32.2. The van der Waals surface area contributed by atoms with Crippen LogP contribution in [0.2, 0.25) is 0 Å². The summed E-state index contributed by atoms with van der Waals surface area (Å²) in [6.45, 7) is 6.42. The summed E-state index contributed by atoms with van der Waals surface area (Å²) in [5.74, 6) is 1.36. The van der Waals surface area contributed by atoms with Crippen LogP contribution in [0.5, 0.6) is 0 Å². The second-order valence-electron chi connectivity index (χ2n) is 6.31. The molecule has 0 bridgehead atoms. The molecule has 4 atom stereocenters. The Morgan fingerprint density at radius 1 is 1.20 bits per heavy atom. The second kappa shape index (κ2) is 6.86. The number of benzene rings is 1. The van der Waals surface area contributed by atoms with Crippen LogP contribution < -0.4 is 5.73 Å². The van der Waals surface area contributed by atoms with Crippen molar-refractivity contribution in [2.24, 2.45) is 11.7 Å².